The molecule has 0 fully saturated rings. The fraction of sp³-hybridized carbons (Fsp3) is 0.667. The molecule has 1 N–H and O–H groups in total. The number of aryl methyl sites for hydroxylation is 2. The SMILES string of the molecule is CNCc1nc(C)n(C)n1.Cl.Cl. The number of hydrogen-bond acceptors (Lipinski definition) is 3. The van der Waals surface area contributed by atoms with Crippen LogP contribution in [0.4, 0.5) is 0 Å². The molecular weight excluding hydrogens is 199 g/mol. The molecule has 12 heavy (non-hydrogen) atoms. The van der Waals surface area contributed by atoms with Crippen LogP contribution < -0.4 is 5.32 Å². The molecule has 1 rings (SSSR count). The van der Waals surface area contributed by atoms with Gasteiger partial charge in [0, 0.05) is 7.05 Å². The van der Waals surface area contributed by atoms with Crippen molar-refractivity contribution < 1.29 is 0 Å². The molecule has 0 saturated heterocycles. The van der Waals surface area contributed by atoms with Crippen LogP contribution in [0.25, 0.3) is 0 Å². The predicted molar refractivity (Wildman–Crippen MR) is 53.0 cm³/mol. The van der Waals surface area contributed by atoms with Crippen molar-refractivity contribution in [3.8, 4) is 0 Å². The molecule has 1 aromatic rings. The summed E-state index contributed by atoms with van der Waals surface area (Å²) in [5, 5.41) is 7.13. The van der Waals surface area contributed by atoms with E-state index >= 15 is 0 Å². The molecule has 0 radical (unpaired) electrons. The Bertz CT molecular complexity index is 204. The normalized spacial score (nSPS) is 8.58. The van der Waals surface area contributed by atoms with Crippen molar-refractivity contribution in [2.75, 3.05) is 7.05 Å². The van der Waals surface area contributed by atoms with Gasteiger partial charge in [-0.3, -0.25) is 4.68 Å². The van der Waals surface area contributed by atoms with Crippen molar-refractivity contribution >= 4 is 24.8 Å². The monoisotopic (exact) mass is 212 g/mol. The zero-order valence-corrected chi connectivity index (χ0v) is 9.00. The Labute approximate surface area is 84.6 Å². The Kier molecular flexibility index (Phi) is 7.37. The summed E-state index contributed by atoms with van der Waals surface area (Å²) in [5.74, 6) is 1.80. The highest BCUT2D eigenvalue weighted by Crippen LogP contribution is 1.92. The van der Waals surface area contributed by atoms with Crippen LogP contribution in [-0.4, -0.2) is 21.8 Å². The number of nitrogens with zero attached hydrogens (tertiary/aromatic N) is 3. The van der Waals surface area contributed by atoms with Gasteiger partial charge in [-0.2, -0.15) is 5.10 Å². The van der Waals surface area contributed by atoms with Crippen molar-refractivity contribution in [1.29, 1.82) is 0 Å². The summed E-state index contributed by atoms with van der Waals surface area (Å²) < 4.78 is 1.77. The van der Waals surface area contributed by atoms with Crippen LogP contribution in [-0.2, 0) is 13.6 Å². The molecule has 0 spiro atoms. The fourth-order valence-electron chi connectivity index (χ4n) is 0.760. The van der Waals surface area contributed by atoms with Crippen LogP contribution in [0.15, 0.2) is 0 Å². The minimum Gasteiger partial charge on any atom is -0.313 e. The largest absolute Gasteiger partial charge is 0.313 e. The molecule has 6 heteroatoms. The zero-order valence-electron chi connectivity index (χ0n) is 7.37. The Hall–Kier alpha value is -0.320. The maximum Gasteiger partial charge on any atom is 0.164 e. The summed E-state index contributed by atoms with van der Waals surface area (Å²) in [6, 6.07) is 0. The maximum absolute atomic E-state index is 4.19. The highest BCUT2D eigenvalue weighted by atomic mass is 35.5. The van der Waals surface area contributed by atoms with Crippen LogP contribution >= 0.6 is 24.8 Å². The van der Waals surface area contributed by atoms with E-state index in [-0.39, 0.29) is 24.8 Å². The van der Waals surface area contributed by atoms with Crippen molar-refractivity contribution in [3.05, 3.63) is 11.6 Å². The van der Waals surface area contributed by atoms with Crippen LogP contribution in [0.5, 0.6) is 0 Å². The zero-order chi connectivity index (χ0) is 7.56. The van der Waals surface area contributed by atoms with Crippen molar-refractivity contribution in [2.45, 2.75) is 13.5 Å². The van der Waals surface area contributed by atoms with E-state index < -0.39 is 0 Å². The van der Waals surface area contributed by atoms with Gasteiger partial charge in [0.15, 0.2) is 5.82 Å². The molecule has 0 aromatic carbocycles. The summed E-state index contributed by atoms with van der Waals surface area (Å²) in [5.41, 5.74) is 0. The van der Waals surface area contributed by atoms with Gasteiger partial charge >= 0.3 is 0 Å². The van der Waals surface area contributed by atoms with Gasteiger partial charge in [0.05, 0.1) is 6.54 Å². The molecule has 0 amide bonds. The van der Waals surface area contributed by atoms with Gasteiger partial charge in [0.25, 0.3) is 0 Å². The molecule has 1 heterocycles. The third-order valence-corrected chi connectivity index (χ3v) is 1.36. The average Bonchev–Trinajstić information content (AvgIpc) is 2.14. The number of hydrogen-bond donors (Lipinski definition) is 1. The van der Waals surface area contributed by atoms with Gasteiger partial charge in [-0.05, 0) is 14.0 Å². The van der Waals surface area contributed by atoms with Gasteiger partial charge in [-0.25, -0.2) is 4.98 Å². The fourth-order valence-corrected chi connectivity index (χ4v) is 0.760. The molecule has 0 unspecified atom stereocenters. The second-order valence-corrected chi connectivity index (χ2v) is 2.23. The first-order valence-corrected chi connectivity index (χ1v) is 3.25. The van der Waals surface area contributed by atoms with E-state index in [9.17, 15) is 0 Å². The average molecular weight is 213 g/mol. The number of nitrogens with one attached hydrogen (secondary N) is 1. The third kappa shape index (κ3) is 3.38. The van der Waals surface area contributed by atoms with Crippen LogP contribution in [0.3, 0.4) is 0 Å². The van der Waals surface area contributed by atoms with E-state index in [4.69, 9.17) is 0 Å². The highest BCUT2D eigenvalue weighted by Gasteiger charge is 1.99. The maximum atomic E-state index is 4.19. The Morgan fingerprint density at radius 1 is 1.42 bits per heavy atom. The molecule has 0 aliphatic rings. The number of aromatic nitrogens is 3. The molecule has 0 bridgehead atoms. The first-order valence-electron chi connectivity index (χ1n) is 3.25. The minimum absolute atomic E-state index is 0. The first-order chi connectivity index (χ1) is 4.74. The molecule has 0 aliphatic carbocycles. The van der Waals surface area contributed by atoms with E-state index in [0.29, 0.717) is 0 Å². The highest BCUT2D eigenvalue weighted by molar-refractivity contribution is 5.85. The molecule has 0 aliphatic heterocycles. The molecule has 0 saturated carbocycles. The van der Waals surface area contributed by atoms with Gasteiger partial charge in [-0.15, -0.1) is 24.8 Å². The standard InChI is InChI=1S/C6H12N4.2ClH/c1-5-8-6(4-7-2)9-10(5)3;;/h7H,4H2,1-3H3;2*1H. The van der Waals surface area contributed by atoms with Crippen molar-refractivity contribution in [3.63, 3.8) is 0 Å². The van der Waals surface area contributed by atoms with Gasteiger partial charge in [0.2, 0.25) is 0 Å². The van der Waals surface area contributed by atoms with Crippen LogP contribution in [0.1, 0.15) is 11.6 Å². The topological polar surface area (TPSA) is 42.7 Å². The van der Waals surface area contributed by atoms with E-state index in [1.807, 2.05) is 21.0 Å². The van der Waals surface area contributed by atoms with E-state index in [1.165, 1.54) is 0 Å². The van der Waals surface area contributed by atoms with Crippen LogP contribution in [0, 0.1) is 6.92 Å². The lowest BCUT2D eigenvalue weighted by atomic mass is 10.6. The third-order valence-electron chi connectivity index (χ3n) is 1.36. The lowest BCUT2D eigenvalue weighted by molar-refractivity contribution is 0.698. The Morgan fingerprint density at radius 2 is 2.00 bits per heavy atom. The molecule has 0 atom stereocenters. The second kappa shape index (κ2) is 6.22. The van der Waals surface area contributed by atoms with E-state index in [0.717, 1.165) is 18.2 Å². The Morgan fingerprint density at radius 3 is 2.33 bits per heavy atom. The van der Waals surface area contributed by atoms with Gasteiger partial charge < -0.3 is 5.32 Å². The lowest BCUT2D eigenvalue weighted by Gasteiger charge is -1.88. The van der Waals surface area contributed by atoms with E-state index in [2.05, 4.69) is 15.4 Å². The van der Waals surface area contributed by atoms with Gasteiger partial charge in [-0.1, -0.05) is 0 Å². The predicted octanol–water partition coefficient (Wildman–Crippen LogP) is 0.687. The summed E-state index contributed by atoms with van der Waals surface area (Å²) in [6.45, 7) is 2.67. The molecule has 4 nitrogen and oxygen atoms in total. The van der Waals surface area contributed by atoms with E-state index in [1.54, 1.807) is 4.68 Å². The summed E-state index contributed by atoms with van der Waals surface area (Å²) in [4.78, 5) is 4.19. The summed E-state index contributed by atoms with van der Waals surface area (Å²) >= 11 is 0. The quantitative estimate of drug-likeness (QED) is 0.785. The summed E-state index contributed by atoms with van der Waals surface area (Å²) in [7, 11) is 3.77. The minimum atomic E-state index is 0. The second-order valence-electron chi connectivity index (χ2n) is 2.23. The number of rotatable bonds is 2. The first kappa shape index (κ1) is 14.2. The Balaban J connectivity index is 0. The van der Waals surface area contributed by atoms with Gasteiger partial charge in [0.1, 0.15) is 5.82 Å². The molecule has 72 valence electrons. The number of halogens is 2. The molecular formula is C6H14Cl2N4. The van der Waals surface area contributed by atoms with Crippen molar-refractivity contribution in [2.24, 2.45) is 7.05 Å². The summed E-state index contributed by atoms with van der Waals surface area (Å²) in [6.07, 6.45) is 0. The lowest BCUT2D eigenvalue weighted by Crippen LogP contribution is -2.06. The van der Waals surface area contributed by atoms with Crippen LogP contribution in [0.2, 0.25) is 0 Å². The molecule has 1 aromatic heterocycles. The van der Waals surface area contributed by atoms with Crippen molar-refractivity contribution in [1.82, 2.24) is 20.1 Å². The smallest absolute Gasteiger partial charge is 0.164 e.